The predicted octanol–water partition coefficient (Wildman–Crippen LogP) is 1.59. The quantitative estimate of drug-likeness (QED) is 0.806. The molecule has 5 heteroatoms. The molecule has 1 aromatic heterocycles. The van der Waals surface area contributed by atoms with Gasteiger partial charge in [-0.2, -0.15) is 5.10 Å². The Morgan fingerprint density at radius 3 is 2.29 bits per heavy atom. The molecule has 0 N–H and O–H groups in total. The lowest BCUT2D eigenvalue weighted by Crippen LogP contribution is -2.14. The molecule has 2 aromatic rings. The van der Waals surface area contributed by atoms with Crippen molar-refractivity contribution >= 4 is 5.91 Å². The third-order valence-electron chi connectivity index (χ3n) is 2.35. The summed E-state index contributed by atoms with van der Waals surface area (Å²) in [5.41, 5.74) is 0.362. The molecule has 5 nitrogen and oxygen atoms in total. The minimum atomic E-state index is -0.288. The number of rotatable bonds is 3. The summed E-state index contributed by atoms with van der Waals surface area (Å²) in [6.07, 6.45) is 3.12. The van der Waals surface area contributed by atoms with E-state index in [1.54, 1.807) is 36.7 Å². The summed E-state index contributed by atoms with van der Waals surface area (Å²) >= 11 is 0. The van der Waals surface area contributed by atoms with Gasteiger partial charge in [-0.15, -0.1) is 0 Å². The third kappa shape index (κ3) is 1.99. The van der Waals surface area contributed by atoms with E-state index in [4.69, 9.17) is 9.47 Å². The fourth-order valence-electron chi connectivity index (χ4n) is 1.57. The minimum absolute atomic E-state index is 0.288. The number of carbonyl (C=O) groups is 1. The standard InChI is InChI=1S/C12H12N2O3/c1-16-9-5-3-6-10(17-2)11(9)12(15)14-8-4-7-13-14/h3-8H,1-2H3. The van der Waals surface area contributed by atoms with Crippen LogP contribution in [0, 0.1) is 0 Å². The molecule has 0 saturated carbocycles. The zero-order chi connectivity index (χ0) is 12.3. The maximum Gasteiger partial charge on any atom is 0.285 e. The van der Waals surface area contributed by atoms with Crippen LogP contribution < -0.4 is 9.47 Å². The highest BCUT2D eigenvalue weighted by Crippen LogP contribution is 2.28. The van der Waals surface area contributed by atoms with Crippen molar-refractivity contribution in [1.29, 1.82) is 0 Å². The second-order valence-electron chi connectivity index (χ2n) is 3.29. The summed E-state index contributed by atoms with van der Waals surface area (Å²) in [6.45, 7) is 0. The molecular formula is C12H12N2O3. The van der Waals surface area contributed by atoms with Gasteiger partial charge in [0.1, 0.15) is 17.1 Å². The summed E-state index contributed by atoms with van der Waals surface area (Å²) in [7, 11) is 3.02. The lowest BCUT2D eigenvalue weighted by atomic mass is 10.1. The molecule has 0 saturated heterocycles. The highest BCUT2D eigenvalue weighted by molar-refractivity contribution is 6.00. The van der Waals surface area contributed by atoms with Gasteiger partial charge in [-0.25, -0.2) is 4.68 Å². The second kappa shape index (κ2) is 4.69. The van der Waals surface area contributed by atoms with Gasteiger partial charge in [0.15, 0.2) is 0 Å². The number of carbonyl (C=O) groups excluding carboxylic acids is 1. The molecule has 0 radical (unpaired) electrons. The highest BCUT2D eigenvalue weighted by Gasteiger charge is 2.19. The molecule has 0 spiro atoms. The Kier molecular flexibility index (Phi) is 3.09. The van der Waals surface area contributed by atoms with Gasteiger partial charge in [0.25, 0.3) is 5.91 Å². The fraction of sp³-hybridized carbons (Fsp3) is 0.167. The van der Waals surface area contributed by atoms with E-state index in [0.717, 1.165) is 0 Å². The Morgan fingerprint density at radius 1 is 1.18 bits per heavy atom. The molecule has 1 aromatic carbocycles. The number of nitrogens with zero attached hydrogens (tertiary/aromatic N) is 2. The summed E-state index contributed by atoms with van der Waals surface area (Å²) in [5, 5.41) is 3.90. The second-order valence-corrected chi connectivity index (χ2v) is 3.29. The lowest BCUT2D eigenvalue weighted by molar-refractivity contribution is 0.0939. The first-order valence-corrected chi connectivity index (χ1v) is 5.03. The molecule has 0 aliphatic carbocycles. The Labute approximate surface area is 98.6 Å². The van der Waals surface area contributed by atoms with Crippen molar-refractivity contribution in [3.63, 3.8) is 0 Å². The van der Waals surface area contributed by atoms with Crippen LogP contribution in [0.15, 0.2) is 36.7 Å². The lowest BCUT2D eigenvalue weighted by Gasteiger charge is -2.11. The molecule has 88 valence electrons. The van der Waals surface area contributed by atoms with Gasteiger partial charge in [-0.3, -0.25) is 4.79 Å². The number of methoxy groups -OCH3 is 2. The highest BCUT2D eigenvalue weighted by atomic mass is 16.5. The average Bonchev–Trinajstić information content (AvgIpc) is 2.90. The Hall–Kier alpha value is -2.30. The molecule has 1 heterocycles. The number of aromatic nitrogens is 2. The topological polar surface area (TPSA) is 53.4 Å². The van der Waals surface area contributed by atoms with Gasteiger partial charge in [0.05, 0.1) is 14.2 Å². The van der Waals surface area contributed by atoms with Crippen LogP contribution in [0.3, 0.4) is 0 Å². The third-order valence-corrected chi connectivity index (χ3v) is 2.35. The Morgan fingerprint density at radius 2 is 1.82 bits per heavy atom. The van der Waals surface area contributed by atoms with Crippen molar-refractivity contribution in [3.05, 3.63) is 42.2 Å². The van der Waals surface area contributed by atoms with E-state index in [0.29, 0.717) is 17.1 Å². The minimum Gasteiger partial charge on any atom is -0.496 e. The molecule has 0 amide bonds. The largest absolute Gasteiger partial charge is 0.496 e. The van der Waals surface area contributed by atoms with Crippen molar-refractivity contribution in [1.82, 2.24) is 9.78 Å². The molecule has 0 unspecified atom stereocenters. The number of benzene rings is 1. The summed E-state index contributed by atoms with van der Waals surface area (Å²) in [6, 6.07) is 6.86. The maximum atomic E-state index is 12.2. The fourth-order valence-corrected chi connectivity index (χ4v) is 1.57. The maximum absolute atomic E-state index is 12.2. The molecule has 0 aliphatic rings. The molecule has 2 rings (SSSR count). The predicted molar refractivity (Wildman–Crippen MR) is 61.5 cm³/mol. The van der Waals surface area contributed by atoms with Gasteiger partial charge < -0.3 is 9.47 Å². The van der Waals surface area contributed by atoms with E-state index in [1.807, 2.05) is 0 Å². The van der Waals surface area contributed by atoms with Crippen molar-refractivity contribution in [2.75, 3.05) is 14.2 Å². The van der Waals surface area contributed by atoms with Crippen LogP contribution in [0.4, 0.5) is 0 Å². The Bertz CT molecular complexity index is 498. The van der Waals surface area contributed by atoms with Crippen LogP contribution in [-0.4, -0.2) is 29.9 Å². The zero-order valence-corrected chi connectivity index (χ0v) is 9.58. The van der Waals surface area contributed by atoms with E-state index >= 15 is 0 Å². The van der Waals surface area contributed by atoms with E-state index in [9.17, 15) is 4.79 Å². The van der Waals surface area contributed by atoms with Crippen LogP contribution in [-0.2, 0) is 0 Å². The van der Waals surface area contributed by atoms with Gasteiger partial charge in [0, 0.05) is 12.4 Å². The molecule has 0 aliphatic heterocycles. The van der Waals surface area contributed by atoms with Crippen molar-refractivity contribution < 1.29 is 14.3 Å². The summed E-state index contributed by atoms with van der Waals surface area (Å²) in [5.74, 6) is 0.638. The first kappa shape index (κ1) is 11.2. The summed E-state index contributed by atoms with van der Waals surface area (Å²) < 4.78 is 11.6. The van der Waals surface area contributed by atoms with Crippen LogP contribution >= 0.6 is 0 Å². The van der Waals surface area contributed by atoms with Crippen molar-refractivity contribution in [2.24, 2.45) is 0 Å². The Balaban J connectivity index is 2.53. The average molecular weight is 232 g/mol. The van der Waals surface area contributed by atoms with Gasteiger partial charge in [-0.05, 0) is 18.2 Å². The summed E-state index contributed by atoms with van der Waals surface area (Å²) in [4.78, 5) is 12.2. The van der Waals surface area contributed by atoms with Crippen molar-refractivity contribution in [3.8, 4) is 11.5 Å². The normalized spacial score (nSPS) is 10.0. The SMILES string of the molecule is COc1cccc(OC)c1C(=O)n1cccn1. The van der Waals surface area contributed by atoms with E-state index in [1.165, 1.54) is 18.9 Å². The van der Waals surface area contributed by atoms with Crippen LogP contribution in [0.2, 0.25) is 0 Å². The van der Waals surface area contributed by atoms with Gasteiger partial charge in [0.2, 0.25) is 0 Å². The number of hydrogen-bond donors (Lipinski definition) is 0. The van der Waals surface area contributed by atoms with E-state index < -0.39 is 0 Å². The van der Waals surface area contributed by atoms with Gasteiger partial charge >= 0.3 is 0 Å². The molecule has 0 atom stereocenters. The number of hydrogen-bond acceptors (Lipinski definition) is 4. The van der Waals surface area contributed by atoms with Crippen LogP contribution in [0.1, 0.15) is 10.4 Å². The zero-order valence-electron chi connectivity index (χ0n) is 9.58. The molecule has 0 fully saturated rings. The van der Waals surface area contributed by atoms with E-state index in [-0.39, 0.29) is 5.91 Å². The monoisotopic (exact) mass is 232 g/mol. The first-order valence-electron chi connectivity index (χ1n) is 5.03. The molecule has 0 bridgehead atoms. The molecular weight excluding hydrogens is 220 g/mol. The van der Waals surface area contributed by atoms with E-state index in [2.05, 4.69) is 5.10 Å². The number of ether oxygens (including phenoxy) is 2. The van der Waals surface area contributed by atoms with Crippen LogP contribution in [0.5, 0.6) is 11.5 Å². The van der Waals surface area contributed by atoms with Crippen LogP contribution in [0.25, 0.3) is 0 Å². The smallest absolute Gasteiger partial charge is 0.285 e. The van der Waals surface area contributed by atoms with Gasteiger partial charge in [-0.1, -0.05) is 6.07 Å². The first-order chi connectivity index (χ1) is 8.27. The molecule has 17 heavy (non-hydrogen) atoms. The van der Waals surface area contributed by atoms with Crippen molar-refractivity contribution in [2.45, 2.75) is 0 Å².